The van der Waals surface area contributed by atoms with Gasteiger partial charge in [-0.1, -0.05) is 36.4 Å². The van der Waals surface area contributed by atoms with Crippen LogP contribution < -0.4 is 10.3 Å². The summed E-state index contributed by atoms with van der Waals surface area (Å²) in [6, 6.07) is 14.2. The van der Waals surface area contributed by atoms with Crippen molar-refractivity contribution in [1.82, 2.24) is 4.98 Å². The standard InChI is InChI=1S/C19H15NO5/c1-11(21)25-15-9-8-13-10-14(12-6-4-3-5-7-12)20-18(22)16(13)17(15)19(23)24-2/h3-10H,1-2H3,(H,20,22). The second-order valence-electron chi connectivity index (χ2n) is 5.37. The zero-order valence-corrected chi connectivity index (χ0v) is 13.7. The van der Waals surface area contributed by atoms with Gasteiger partial charge in [0, 0.05) is 12.6 Å². The smallest absolute Gasteiger partial charge is 0.342 e. The van der Waals surface area contributed by atoms with Gasteiger partial charge < -0.3 is 14.5 Å². The third kappa shape index (κ3) is 3.14. The molecule has 0 bridgehead atoms. The number of rotatable bonds is 3. The van der Waals surface area contributed by atoms with Gasteiger partial charge in [0.1, 0.15) is 11.3 Å². The Kier molecular flexibility index (Phi) is 4.35. The first-order chi connectivity index (χ1) is 12.0. The second-order valence-corrected chi connectivity index (χ2v) is 5.37. The summed E-state index contributed by atoms with van der Waals surface area (Å²) < 4.78 is 9.81. The molecule has 0 saturated carbocycles. The Morgan fingerprint density at radius 2 is 1.76 bits per heavy atom. The number of carbonyl (C=O) groups excluding carboxylic acids is 2. The van der Waals surface area contributed by atoms with Crippen molar-refractivity contribution in [2.45, 2.75) is 6.92 Å². The van der Waals surface area contributed by atoms with Crippen LogP contribution in [0.2, 0.25) is 0 Å². The zero-order chi connectivity index (χ0) is 18.0. The first-order valence-electron chi connectivity index (χ1n) is 7.53. The van der Waals surface area contributed by atoms with Crippen LogP contribution in [0.15, 0.2) is 53.3 Å². The first kappa shape index (κ1) is 16.4. The van der Waals surface area contributed by atoms with E-state index in [-0.39, 0.29) is 16.7 Å². The second kappa shape index (κ2) is 6.60. The van der Waals surface area contributed by atoms with Crippen molar-refractivity contribution in [3.8, 4) is 17.0 Å². The largest absolute Gasteiger partial charge is 0.465 e. The van der Waals surface area contributed by atoms with Gasteiger partial charge >= 0.3 is 11.9 Å². The lowest BCUT2D eigenvalue weighted by Crippen LogP contribution is -2.16. The van der Waals surface area contributed by atoms with Gasteiger partial charge in [-0.05, 0) is 23.1 Å². The highest BCUT2D eigenvalue weighted by Crippen LogP contribution is 2.29. The lowest BCUT2D eigenvalue weighted by molar-refractivity contribution is -0.131. The highest BCUT2D eigenvalue weighted by molar-refractivity contribution is 6.07. The number of benzene rings is 2. The van der Waals surface area contributed by atoms with Crippen molar-refractivity contribution in [3.05, 3.63) is 64.4 Å². The van der Waals surface area contributed by atoms with Crippen LogP contribution in [0, 0.1) is 0 Å². The molecule has 126 valence electrons. The molecule has 0 unspecified atom stereocenters. The van der Waals surface area contributed by atoms with Crippen LogP contribution in [0.3, 0.4) is 0 Å². The highest BCUT2D eigenvalue weighted by Gasteiger charge is 2.21. The number of hydrogen-bond acceptors (Lipinski definition) is 5. The quantitative estimate of drug-likeness (QED) is 0.587. The summed E-state index contributed by atoms with van der Waals surface area (Å²) in [6.45, 7) is 1.22. The fraction of sp³-hybridized carbons (Fsp3) is 0.105. The molecule has 1 heterocycles. The summed E-state index contributed by atoms with van der Waals surface area (Å²) in [5.41, 5.74) is 0.918. The molecule has 0 aliphatic heterocycles. The van der Waals surface area contributed by atoms with Crippen molar-refractivity contribution in [1.29, 1.82) is 0 Å². The number of esters is 2. The van der Waals surface area contributed by atoms with Crippen LogP contribution in [0.25, 0.3) is 22.0 Å². The molecule has 0 radical (unpaired) electrons. The average molecular weight is 337 g/mol. The molecule has 1 aromatic heterocycles. The van der Waals surface area contributed by atoms with Crippen molar-refractivity contribution < 1.29 is 19.1 Å². The molecule has 0 atom stereocenters. The SMILES string of the molecule is COC(=O)c1c(OC(C)=O)ccc2cc(-c3ccccc3)[nH]c(=O)c12. The van der Waals surface area contributed by atoms with E-state index in [9.17, 15) is 14.4 Å². The predicted molar refractivity (Wildman–Crippen MR) is 92.7 cm³/mol. The number of methoxy groups -OCH3 is 1. The molecule has 3 rings (SSSR count). The van der Waals surface area contributed by atoms with Crippen LogP contribution in [0.5, 0.6) is 5.75 Å². The highest BCUT2D eigenvalue weighted by atomic mass is 16.5. The number of carbonyl (C=O) groups is 2. The van der Waals surface area contributed by atoms with E-state index in [4.69, 9.17) is 9.47 Å². The molecule has 6 heteroatoms. The molecule has 1 N–H and O–H groups in total. The minimum absolute atomic E-state index is 0.00943. The van der Waals surface area contributed by atoms with Crippen LogP contribution >= 0.6 is 0 Å². The number of fused-ring (bicyclic) bond motifs is 1. The third-order valence-electron chi connectivity index (χ3n) is 3.70. The van der Waals surface area contributed by atoms with Gasteiger partial charge in [0.15, 0.2) is 0 Å². The molecule has 0 saturated heterocycles. The monoisotopic (exact) mass is 337 g/mol. The molecule has 0 amide bonds. The van der Waals surface area contributed by atoms with Crippen LogP contribution in [-0.4, -0.2) is 24.0 Å². The molecule has 2 aromatic carbocycles. The molecule has 0 spiro atoms. The summed E-state index contributed by atoms with van der Waals surface area (Å²) in [5, 5.41) is 0.657. The molecular weight excluding hydrogens is 322 g/mol. The molecule has 0 fully saturated rings. The van der Waals surface area contributed by atoms with Gasteiger partial charge in [0.05, 0.1) is 12.5 Å². The van der Waals surface area contributed by atoms with Gasteiger partial charge in [0.2, 0.25) is 0 Å². The number of aromatic amines is 1. The maximum atomic E-state index is 12.6. The Morgan fingerprint density at radius 1 is 1.04 bits per heavy atom. The zero-order valence-electron chi connectivity index (χ0n) is 13.7. The average Bonchev–Trinajstić information content (AvgIpc) is 2.61. The Hall–Kier alpha value is -3.41. The van der Waals surface area contributed by atoms with Gasteiger partial charge in [-0.25, -0.2) is 4.79 Å². The van der Waals surface area contributed by atoms with E-state index in [1.807, 2.05) is 30.3 Å². The summed E-state index contributed by atoms with van der Waals surface area (Å²) in [5.74, 6) is -1.36. The Morgan fingerprint density at radius 3 is 2.40 bits per heavy atom. The number of hydrogen-bond donors (Lipinski definition) is 1. The van der Waals surface area contributed by atoms with E-state index < -0.39 is 17.5 Å². The van der Waals surface area contributed by atoms with Gasteiger partial charge in [0.25, 0.3) is 5.56 Å². The van der Waals surface area contributed by atoms with Gasteiger partial charge in [-0.2, -0.15) is 0 Å². The molecule has 0 aliphatic carbocycles. The maximum Gasteiger partial charge on any atom is 0.342 e. The Labute approximate surface area is 143 Å². The van der Waals surface area contributed by atoms with Crippen LogP contribution in [-0.2, 0) is 9.53 Å². The first-order valence-corrected chi connectivity index (χ1v) is 7.53. The number of aromatic nitrogens is 1. The number of pyridine rings is 1. The van der Waals surface area contributed by atoms with Crippen molar-refractivity contribution in [2.24, 2.45) is 0 Å². The molecule has 0 aliphatic rings. The van der Waals surface area contributed by atoms with Crippen LogP contribution in [0.4, 0.5) is 0 Å². The number of ether oxygens (including phenoxy) is 2. The van der Waals surface area contributed by atoms with E-state index in [0.29, 0.717) is 11.1 Å². The number of nitrogens with one attached hydrogen (secondary N) is 1. The van der Waals surface area contributed by atoms with E-state index in [0.717, 1.165) is 5.56 Å². The molecule has 25 heavy (non-hydrogen) atoms. The van der Waals surface area contributed by atoms with E-state index in [1.54, 1.807) is 12.1 Å². The van der Waals surface area contributed by atoms with Crippen molar-refractivity contribution in [2.75, 3.05) is 7.11 Å². The van der Waals surface area contributed by atoms with E-state index in [2.05, 4.69) is 4.98 Å². The number of H-pyrrole nitrogens is 1. The van der Waals surface area contributed by atoms with Crippen LogP contribution in [0.1, 0.15) is 17.3 Å². The summed E-state index contributed by atoms with van der Waals surface area (Å²) in [6.07, 6.45) is 0. The predicted octanol–water partition coefficient (Wildman–Crippen LogP) is 2.91. The lowest BCUT2D eigenvalue weighted by atomic mass is 10.0. The minimum Gasteiger partial charge on any atom is -0.465 e. The lowest BCUT2D eigenvalue weighted by Gasteiger charge is -2.11. The fourth-order valence-electron chi connectivity index (χ4n) is 2.66. The van der Waals surface area contributed by atoms with Gasteiger partial charge in [-0.15, -0.1) is 0 Å². The van der Waals surface area contributed by atoms with E-state index >= 15 is 0 Å². The van der Waals surface area contributed by atoms with Crippen molar-refractivity contribution >= 4 is 22.7 Å². The molecule has 3 aromatic rings. The summed E-state index contributed by atoms with van der Waals surface area (Å²) in [4.78, 5) is 38.9. The third-order valence-corrected chi connectivity index (χ3v) is 3.70. The topological polar surface area (TPSA) is 85.5 Å². The summed E-state index contributed by atoms with van der Waals surface area (Å²) in [7, 11) is 1.20. The molecular formula is C19H15NO5. The minimum atomic E-state index is -0.750. The van der Waals surface area contributed by atoms with Crippen molar-refractivity contribution in [3.63, 3.8) is 0 Å². The maximum absolute atomic E-state index is 12.6. The summed E-state index contributed by atoms with van der Waals surface area (Å²) >= 11 is 0. The van der Waals surface area contributed by atoms with E-state index in [1.165, 1.54) is 20.1 Å². The Bertz CT molecular complexity index is 1020. The Balaban J connectivity index is 2.30. The fourth-order valence-corrected chi connectivity index (χ4v) is 2.66. The normalized spacial score (nSPS) is 10.5. The van der Waals surface area contributed by atoms with Gasteiger partial charge in [-0.3, -0.25) is 9.59 Å². The molecule has 6 nitrogen and oxygen atoms in total.